The van der Waals surface area contributed by atoms with Gasteiger partial charge in [0.15, 0.2) is 0 Å². The molecule has 0 amide bonds. The van der Waals surface area contributed by atoms with Crippen molar-refractivity contribution in [2.45, 2.75) is 53.6 Å². The molecule has 0 saturated carbocycles. The van der Waals surface area contributed by atoms with Gasteiger partial charge >= 0.3 is 0 Å². The van der Waals surface area contributed by atoms with E-state index in [1.165, 1.54) is 11.4 Å². The molecule has 1 aromatic heterocycles. The highest BCUT2D eigenvalue weighted by molar-refractivity contribution is 5.50. The summed E-state index contributed by atoms with van der Waals surface area (Å²) in [6.07, 6.45) is 0.779. The van der Waals surface area contributed by atoms with Gasteiger partial charge in [-0.2, -0.15) is 5.10 Å². The highest BCUT2D eigenvalue weighted by Gasteiger charge is 2.21. The van der Waals surface area contributed by atoms with E-state index < -0.39 is 0 Å². The standard InChI is InChI=1S/C16H32N4O/c1-12(2)10-17-11-15-14(5)18-19(6)16(15)20(13(3)4)8-7-9-21/h12-13,17,21H,7-11H2,1-6H3. The van der Waals surface area contributed by atoms with Gasteiger partial charge in [-0.25, -0.2) is 0 Å². The Labute approximate surface area is 129 Å². The molecule has 5 heteroatoms. The minimum atomic E-state index is 0.223. The molecule has 0 atom stereocenters. The van der Waals surface area contributed by atoms with E-state index in [0.29, 0.717) is 12.0 Å². The summed E-state index contributed by atoms with van der Waals surface area (Å²) in [6.45, 7) is 13.8. The second-order valence-corrected chi connectivity index (χ2v) is 6.40. The molecular weight excluding hydrogens is 264 g/mol. The Bertz CT molecular complexity index is 426. The van der Waals surface area contributed by atoms with Crippen LogP contribution in [-0.4, -0.2) is 40.6 Å². The number of nitrogens with one attached hydrogen (secondary N) is 1. The third kappa shape index (κ3) is 5.00. The second kappa shape index (κ2) is 8.39. The Kier molecular flexibility index (Phi) is 7.18. The van der Waals surface area contributed by atoms with Crippen LogP contribution in [0.15, 0.2) is 0 Å². The largest absolute Gasteiger partial charge is 0.396 e. The van der Waals surface area contributed by atoms with Gasteiger partial charge in [0.1, 0.15) is 5.82 Å². The predicted octanol–water partition coefficient (Wildman–Crippen LogP) is 2.07. The molecule has 0 radical (unpaired) electrons. The number of hydrogen-bond acceptors (Lipinski definition) is 4. The maximum atomic E-state index is 9.13. The first kappa shape index (κ1) is 18.0. The van der Waals surface area contributed by atoms with Crippen molar-refractivity contribution in [3.8, 4) is 0 Å². The SMILES string of the molecule is Cc1nn(C)c(N(CCCO)C(C)C)c1CNCC(C)C. The fraction of sp³-hybridized carbons (Fsp3) is 0.812. The number of aryl methyl sites for hydroxylation is 2. The fourth-order valence-electron chi connectivity index (χ4n) is 2.59. The van der Waals surface area contributed by atoms with Crippen LogP contribution < -0.4 is 10.2 Å². The number of anilines is 1. The summed E-state index contributed by atoms with van der Waals surface area (Å²) in [5, 5.41) is 17.2. The smallest absolute Gasteiger partial charge is 0.131 e. The lowest BCUT2D eigenvalue weighted by Gasteiger charge is -2.30. The van der Waals surface area contributed by atoms with Crippen molar-refractivity contribution in [2.24, 2.45) is 13.0 Å². The maximum absolute atomic E-state index is 9.13. The third-order valence-corrected chi connectivity index (χ3v) is 3.62. The predicted molar refractivity (Wildman–Crippen MR) is 88.7 cm³/mol. The highest BCUT2D eigenvalue weighted by atomic mass is 16.3. The lowest BCUT2D eigenvalue weighted by Crippen LogP contribution is -2.35. The zero-order valence-electron chi connectivity index (χ0n) is 14.5. The van der Waals surface area contributed by atoms with Gasteiger partial charge in [-0.05, 0) is 39.7 Å². The summed E-state index contributed by atoms with van der Waals surface area (Å²) in [7, 11) is 2.00. The molecule has 1 aromatic rings. The molecule has 0 aliphatic heterocycles. The van der Waals surface area contributed by atoms with Crippen molar-refractivity contribution in [3.05, 3.63) is 11.3 Å². The van der Waals surface area contributed by atoms with E-state index >= 15 is 0 Å². The van der Waals surface area contributed by atoms with Crippen LogP contribution in [0.25, 0.3) is 0 Å². The lowest BCUT2D eigenvalue weighted by atomic mass is 10.1. The van der Waals surface area contributed by atoms with Gasteiger partial charge < -0.3 is 15.3 Å². The van der Waals surface area contributed by atoms with Crippen LogP contribution in [0, 0.1) is 12.8 Å². The van der Waals surface area contributed by atoms with E-state index in [2.05, 4.69) is 49.9 Å². The molecular formula is C16H32N4O. The molecule has 0 bridgehead atoms. The summed E-state index contributed by atoms with van der Waals surface area (Å²) in [5.41, 5.74) is 2.35. The molecule has 0 aromatic carbocycles. The Morgan fingerprint density at radius 2 is 1.95 bits per heavy atom. The number of aliphatic hydroxyl groups is 1. The van der Waals surface area contributed by atoms with Crippen LogP contribution in [0.3, 0.4) is 0 Å². The minimum Gasteiger partial charge on any atom is -0.396 e. The molecule has 5 nitrogen and oxygen atoms in total. The molecule has 122 valence electrons. The van der Waals surface area contributed by atoms with Crippen molar-refractivity contribution < 1.29 is 5.11 Å². The first-order valence-electron chi connectivity index (χ1n) is 7.99. The molecule has 21 heavy (non-hydrogen) atoms. The van der Waals surface area contributed by atoms with Gasteiger partial charge in [-0.15, -0.1) is 0 Å². The van der Waals surface area contributed by atoms with Gasteiger partial charge in [-0.3, -0.25) is 4.68 Å². The van der Waals surface area contributed by atoms with Crippen LogP contribution in [0.4, 0.5) is 5.82 Å². The van der Waals surface area contributed by atoms with Crippen molar-refractivity contribution in [1.29, 1.82) is 0 Å². The van der Waals surface area contributed by atoms with Crippen LogP contribution in [0.5, 0.6) is 0 Å². The van der Waals surface area contributed by atoms with E-state index in [1.54, 1.807) is 0 Å². The third-order valence-electron chi connectivity index (χ3n) is 3.62. The molecule has 1 heterocycles. The number of rotatable bonds is 9. The average molecular weight is 296 g/mol. The van der Waals surface area contributed by atoms with Gasteiger partial charge in [0.05, 0.1) is 5.69 Å². The quantitative estimate of drug-likeness (QED) is 0.732. The van der Waals surface area contributed by atoms with Crippen molar-refractivity contribution in [3.63, 3.8) is 0 Å². The molecule has 2 N–H and O–H groups in total. The second-order valence-electron chi connectivity index (χ2n) is 6.40. The molecule has 0 saturated heterocycles. The van der Waals surface area contributed by atoms with Crippen molar-refractivity contribution in [1.82, 2.24) is 15.1 Å². The summed E-state index contributed by atoms with van der Waals surface area (Å²) in [4.78, 5) is 2.34. The first-order valence-corrected chi connectivity index (χ1v) is 7.99. The summed E-state index contributed by atoms with van der Waals surface area (Å²) >= 11 is 0. The molecule has 0 unspecified atom stereocenters. The van der Waals surface area contributed by atoms with Crippen LogP contribution in [0.2, 0.25) is 0 Å². The zero-order chi connectivity index (χ0) is 16.0. The highest BCUT2D eigenvalue weighted by Crippen LogP contribution is 2.25. The van der Waals surface area contributed by atoms with E-state index in [9.17, 15) is 0 Å². The zero-order valence-corrected chi connectivity index (χ0v) is 14.5. The van der Waals surface area contributed by atoms with Crippen molar-refractivity contribution in [2.75, 3.05) is 24.6 Å². The number of hydrogen-bond donors (Lipinski definition) is 2. The molecule has 0 aliphatic carbocycles. The number of aliphatic hydroxyl groups excluding tert-OH is 1. The summed E-state index contributed by atoms with van der Waals surface area (Å²) in [6, 6.07) is 0.384. The van der Waals surface area contributed by atoms with E-state index in [0.717, 1.165) is 31.7 Å². The molecule has 0 fully saturated rings. The Morgan fingerprint density at radius 1 is 1.29 bits per heavy atom. The molecule has 0 aliphatic rings. The summed E-state index contributed by atoms with van der Waals surface area (Å²) < 4.78 is 1.97. The number of aromatic nitrogens is 2. The van der Waals surface area contributed by atoms with E-state index in [-0.39, 0.29) is 6.61 Å². The van der Waals surface area contributed by atoms with E-state index in [1.807, 2.05) is 11.7 Å². The van der Waals surface area contributed by atoms with Crippen LogP contribution in [-0.2, 0) is 13.6 Å². The topological polar surface area (TPSA) is 53.3 Å². The number of nitrogens with zero attached hydrogens (tertiary/aromatic N) is 3. The minimum absolute atomic E-state index is 0.223. The summed E-state index contributed by atoms with van der Waals surface area (Å²) in [5.74, 6) is 1.81. The van der Waals surface area contributed by atoms with E-state index in [4.69, 9.17) is 5.11 Å². The lowest BCUT2D eigenvalue weighted by molar-refractivity contribution is 0.288. The van der Waals surface area contributed by atoms with Gasteiger partial charge in [0.25, 0.3) is 0 Å². The average Bonchev–Trinajstić information content (AvgIpc) is 2.65. The van der Waals surface area contributed by atoms with Crippen LogP contribution >= 0.6 is 0 Å². The van der Waals surface area contributed by atoms with Crippen molar-refractivity contribution >= 4 is 5.82 Å². The Hall–Kier alpha value is -1.07. The maximum Gasteiger partial charge on any atom is 0.131 e. The Balaban J connectivity index is 2.96. The van der Waals surface area contributed by atoms with Gasteiger partial charge in [0.2, 0.25) is 0 Å². The monoisotopic (exact) mass is 296 g/mol. The van der Waals surface area contributed by atoms with Crippen LogP contribution in [0.1, 0.15) is 45.4 Å². The molecule has 0 spiro atoms. The fourth-order valence-corrected chi connectivity index (χ4v) is 2.59. The Morgan fingerprint density at radius 3 is 2.48 bits per heavy atom. The van der Waals surface area contributed by atoms with Gasteiger partial charge in [0, 0.05) is 38.3 Å². The normalized spacial score (nSPS) is 11.7. The van der Waals surface area contributed by atoms with Gasteiger partial charge in [-0.1, -0.05) is 13.8 Å². The molecule has 1 rings (SSSR count). The first-order chi connectivity index (χ1) is 9.88.